The number of alkyl halides is 1. The van der Waals surface area contributed by atoms with E-state index in [1.807, 2.05) is 18.2 Å². The molecule has 3 aromatic heterocycles. The van der Waals surface area contributed by atoms with E-state index in [2.05, 4.69) is 61.7 Å². The number of pyridine rings is 1. The molecule has 9 rings (SSSR count). The fraction of sp³-hybridized carbons (Fsp3) is 0.526. The summed E-state index contributed by atoms with van der Waals surface area (Å²) < 4.78 is 28.7. The molecule has 0 N–H and O–H groups in total. The van der Waals surface area contributed by atoms with Crippen LogP contribution in [-0.4, -0.2) is 86.6 Å². The Morgan fingerprint density at radius 1 is 0.939 bits per heavy atom. The first-order chi connectivity index (χ1) is 23.9. The van der Waals surface area contributed by atoms with Gasteiger partial charge in [-0.1, -0.05) is 30.3 Å². The van der Waals surface area contributed by atoms with Crippen molar-refractivity contribution in [2.24, 2.45) is 0 Å². The van der Waals surface area contributed by atoms with Crippen LogP contribution < -0.4 is 14.4 Å². The number of nitrogens with zero attached hydrogens (tertiary/aromatic N) is 8. The average Bonchev–Trinajstić information content (AvgIpc) is 3.75. The summed E-state index contributed by atoms with van der Waals surface area (Å²) in [6.45, 7) is 4.94. The number of rotatable bonds is 6. The lowest BCUT2D eigenvalue weighted by molar-refractivity contribution is 0.0714. The van der Waals surface area contributed by atoms with Crippen LogP contribution in [0.2, 0.25) is 0 Å². The molecule has 0 radical (unpaired) electrons. The minimum atomic E-state index is -0.801. The minimum Gasteiger partial charge on any atom is -0.481 e. The summed E-state index contributed by atoms with van der Waals surface area (Å²) in [4.78, 5) is 22.3. The van der Waals surface area contributed by atoms with E-state index in [1.54, 1.807) is 7.11 Å². The highest BCUT2D eigenvalue weighted by atomic mass is 19.1. The van der Waals surface area contributed by atoms with Crippen molar-refractivity contribution >= 4 is 5.82 Å². The van der Waals surface area contributed by atoms with Crippen LogP contribution in [0.3, 0.4) is 0 Å². The van der Waals surface area contributed by atoms with Crippen LogP contribution in [0.5, 0.6) is 11.9 Å². The van der Waals surface area contributed by atoms with E-state index in [0.717, 1.165) is 99.7 Å². The summed E-state index contributed by atoms with van der Waals surface area (Å²) in [6, 6.07) is 17.3. The molecule has 10 nitrogen and oxygen atoms in total. The van der Waals surface area contributed by atoms with Crippen molar-refractivity contribution in [1.29, 1.82) is 0 Å². The number of aromatic nitrogens is 5. The molecule has 5 aliphatic rings. The monoisotopic (exact) mass is 664 g/mol. The second kappa shape index (κ2) is 12.1. The summed E-state index contributed by atoms with van der Waals surface area (Å²) >= 11 is 0. The molecule has 2 saturated heterocycles. The van der Waals surface area contributed by atoms with Gasteiger partial charge in [-0.2, -0.15) is 15.1 Å². The van der Waals surface area contributed by atoms with E-state index in [1.165, 1.54) is 16.7 Å². The van der Waals surface area contributed by atoms with Gasteiger partial charge in [-0.25, -0.2) is 9.37 Å². The molecule has 1 spiro atoms. The highest BCUT2D eigenvalue weighted by Gasteiger charge is 2.50. The lowest BCUT2D eigenvalue weighted by Crippen LogP contribution is -2.51. The average molecular weight is 665 g/mol. The third-order valence-electron chi connectivity index (χ3n) is 11.9. The molecular weight excluding hydrogens is 619 g/mol. The van der Waals surface area contributed by atoms with Crippen molar-refractivity contribution in [2.75, 3.05) is 45.3 Å². The van der Waals surface area contributed by atoms with Crippen molar-refractivity contribution in [1.82, 2.24) is 34.5 Å². The third kappa shape index (κ3) is 5.28. The van der Waals surface area contributed by atoms with Crippen LogP contribution in [-0.2, 0) is 38.0 Å². The van der Waals surface area contributed by atoms with Gasteiger partial charge in [0, 0.05) is 50.7 Å². The second-order valence-corrected chi connectivity index (χ2v) is 14.8. The molecule has 0 bridgehead atoms. The van der Waals surface area contributed by atoms with Gasteiger partial charge in [-0.3, -0.25) is 14.5 Å². The predicted molar refractivity (Wildman–Crippen MR) is 184 cm³/mol. The molecule has 1 unspecified atom stereocenters. The molecule has 3 atom stereocenters. The van der Waals surface area contributed by atoms with Crippen LogP contribution in [0.25, 0.3) is 11.4 Å². The van der Waals surface area contributed by atoms with Gasteiger partial charge >= 0.3 is 6.01 Å². The fourth-order valence-electron chi connectivity index (χ4n) is 9.50. The summed E-state index contributed by atoms with van der Waals surface area (Å²) in [5, 5.41) is 4.96. The van der Waals surface area contributed by atoms with Gasteiger partial charge in [-0.15, -0.1) is 0 Å². The molecule has 7 heterocycles. The van der Waals surface area contributed by atoms with Gasteiger partial charge < -0.3 is 14.4 Å². The lowest BCUT2D eigenvalue weighted by atomic mass is 9.71. The van der Waals surface area contributed by atoms with E-state index < -0.39 is 6.17 Å². The fourth-order valence-corrected chi connectivity index (χ4v) is 9.50. The van der Waals surface area contributed by atoms with Gasteiger partial charge in [-0.05, 0) is 75.4 Å². The number of methoxy groups -OCH3 is 1. The molecule has 2 fully saturated rings. The quantitative estimate of drug-likeness (QED) is 0.272. The zero-order valence-electron chi connectivity index (χ0n) is 28.6. The smallest absolute Gasteiger partial charge is 0.318 e. The Morgan fingerprint density at radius 3 is 2.78 bits per heavy atom. The van der Waals surface area contributed by atoms with Crippen molar-refractivity contribution in [2.45, 2.75) is 88.3 Å². The number of likely N-dealkylation sites (N-methyl/N-ethyl adjacent to an activating group) is 1. The number of hydrogen-bond donors (Lipinski definition) is 0. The number of hydrogen-bond acceptors (Lipinski definition) is 9. The maximum Gasteiger partial charge on any atom is 0.318 e. The third-order valence-corrected chi connectivity index (χ3v) is 11.9. The molecule has 4 aliphatic heterocycles. The van der Waals surface area contributed by atoms with Crippen LogP contribution >= 0.6 is 0 Å². The van der Waals surface area contributed by atoms with Gasteiger partial charge in [0.25, 0.3) is 0 Å². The van der Waals surface area contributed by atoms with Crippen molar-refractivity contribution in [3.05, 3.63) is 76.6 Å². The van der Waals surface area contributed by atoms with E-state index in [-0.39, 0.29) is 11.1 Å². The number of aryl methyl sites for hydroxylation is 2. The summed E-state index contributed by atoms with van der Waals surface area (Å²) in [7, 11) is 3.90. The number of benzene rings is 1. The number of fused-ring (bicyclic) bond motifs is 5. The van der Waals surface area contributed by atoms with E-state index in [4.69, 9.17) is 24.5 Å². The zero-order chi connectivity index (χ0) is 33.2. The number of halogens is 1. The normalized spacial score (nSPS) is 26.6. The predicted octanol–water partition coefficient (Wildman–Crippen LogP) is 5.33. The highest BCUT2D eigenvalue weighted by molar-refractivity contribution is 5.57. The minimum absolute atomic E-state index is 0.116. The zero-order valence-corrected chi connectivity index (χ0v) is 28.6. The van der Waals surface area contributed by atoms with Gasteiger partial charge in [0.1, 0.15) is 24.3 Å². The largest absolute Gasteiger partial charge is 0.481 e. The molecule has 1 aliphatic carbocycles. The first-order valence-electron chi connectivity index (χ1n) is 18.0. The molecule has 49 heavy (non-hydrogen) atoms. The molecule has 4 aromatic rings. The standard InChI is InChI=1S/C38H45FN8O2/c1-44-24-29-33(21-38(44)15-6-10-26-9-3-4-11-30(26)38)41-36(49-25-37-14-7-17-46(37)22-27(39)20-37)42-35(29)45-16-8-18-47-28(23-45)19-32(43-47)31-12-5-13-34(40-31)48-2/h3-5,9,11-13,19,27H,6-8,10,14-18,20-25H2,1-2H3/t27-,37?,38+/m1/s1. The second-order valence-electron chi connectivity index (χ2n) is 14.8. The summed E-state index contributed by atoms with van der Waals surface area (Å²) in [5.41, 5.74) is 7.50. The van der Waals surface area contributed by atoms with Crippen LogP contribution in [0, 0.1) is 0 Å². The first-order valence-corrected chi connectivity index (χ1v) is 18.0. The Bertz CT molecular complexity index is 1880. The van der Waals surface area contributed by atoms with E-state index in [9.17, 15) is 4.39 Å². The van der Waals surface area contributed by atoms with Crippen LogP contribution in [0.15, 0.2) is 48.5 Å². The van der Waals surface area contributed by atoms with Gasteiger partial charge in [0.05, 0.1) is 41.8 Å². The van der Waals surface area contributed by atoms with Crippen molar-refractivity contribution < 1.29 is 13.9 Å². The van der Waals surface area contributed by atoms with Crippen LogP contribution in [0.1, 0.15) is 66.6 Å². The molecule has 0 saturated carbocycles. The SMILES string of the molecule is COc1cccc(-c2cc3n(n2)CCCN(c2nc(OCC45CCCN4C[C@H](F)C5)nc4c2CN(C)[C@@]2(CCCc5ccccc52)C4)C3)n1. The molecule has 1 aromatic carbocycles. The van der Waals surface area contributed by atoms with E-state index >= 15 is 0 Å². The van der Waals surface area contributed by atoms with E-state index in [0.29, 0.717) is 38.0 Å². The van der Waals surface area contributed by atoms with Crippen molar-refractivity contribution in [3.8, 4) is 23.3 Å². The van der Waals surface area contributed by atoms with Crippen LogP contribution in [0.4, 0.5) is 10.2 Å². The maximum absolute atomic E-state index is 14.7. The topological polar surface area (TPSA) is 84.7 Å². The maximum atomic E-state index is 14.7. The number of anilines is 1. The Hall–Kier alpha value is -4.09. The summed E-state index contributed by atoms with van der Waals surface area (Å²) in [6.07, 6.45) is 6.86. The molecular formula is C38H45FN8O2. The Morgan fingerprint density at radius 2 is 1.86 bits per heavy atom. The summed E-state index contributed by atoms with van der Waals surface area (Å²) in [5.74, 6) is 1.52. The lowest BCUT2D eigenvalue weighted by Gasteiger charge is -2.49. The molecule has 256 valence electrons. The highest BCUT2D eigenvalue weighted by Crippen LogP contribution is 2.47. The first kappa shape index (κ1) is 30.9. The Balaban J connectivity index is 1.09. The van der Waals surface area contributed by atoms with Crippen molar-refractivity contribution in [3.63, 3.8) is 0 Å². The van der Waals surface area contributed by atoms with Gasteiger partial charge in [0.15, 0.2) is 0 Å². The molecule has 11 heteroatoms. The molecule has 0 amide bonds. The van der Waals surface area contributed by atoms with Gasteiger partial charge in [0.2, 0.25) is 5.88 Å². The Kier molecular flexibility index (Phi) is 7.61. The Labute approximate surface area is 287 Å². The number of ether oxygens (including phenoxy) is 2.